The van der Waals surface area contributed by atoms with E-state index in [1.807, 2.05) is 0 Å². The van der Waals surface area contributed by atoms with Crippen LogP contribution < -0.4 is 4.90 Å². The minimum atomic E-state index is -0.540. The Morgan fingerprint density at radius 3 is 2.33 bits per heavy atom. The number of benzene rings is 1. The van der Waals surface area contributed by atoms with E-state index >= 15 is 0 Å². The average molecular weight is 288 g/mol. The zero-order valence-corrected chi connectivity index (χ0v) is 11.0. The predicted molar refractivity (Wildman–Crippen MR) is 70.5 cm³/mol. The summed E-state index contributed by atoms with van der Waals surface area (Å²) in [4.78, 5) is 36.4. The van der Waals surface area contributed by atoms with Gasteiger partial charge in [0.2, 0.25) is 11.8 Å². The first-order valence-corrected chi connectivity index (χ1v) is 6.85. The number of fused-ring (bicyclic) bond motifs is 5. The molecule has 2 bridgehead atoms. The van der Waals surface area contributed by atoms with Crippen LogP contribution in [0.25, 0.3) is 0 Å². The molecule has 0 aromatic heterocycles. The fraction of sp³-hybridized carbons (Fsp3) is 0.429. The molecule has 3 aliphatic rings. The van der Waals surface area contributed by atoms with Crippen LogP contribution in [0.4, 0.5) is 11.4 Å². The van der Waals surface area contributed by atoms with Gasteiger partial charge in [0.05, 0.1) is 34.7 Å². The molecule has 0 aliphatic carbocycles. The number of non-ortho nitro benzene ring substituents is 1. The standard InChI is InChI=1S/C14H12N2O5/c17-13-11-9-4-5-10(21-9)12(11)14(18)15(13)7-2-1-3-8(6-7)16(19)20/h1-3,6,9-12H,4-5H2/t9-,10-,11-,12+/m1/s1. The van der Waals surface area contributed by atoms with E-state index in [0.717, 1.165) is 17.7 Å². The molecule has 3 fully saturated rings. The molecule has 4 rings (SSSR count). The molecule has 108 valence electrons. The van der Waals surface area contributed by atoms with Crippen molar-refractivity contribution in [2.45, 2.75) is 25.0 Å². The zero-order valence-electron chi connectivity index (χ0n) is 11.0. The van der Waals surface area contributed by atoms with E-state index < -0.39 is 16.8 Å². The van der Waals surface area contributed by atoms with Crippen LogP contribution >= 0.6 is 0 Å². The Balaban J connectivity index is 1.73. The van der Waals surface area contributed by atoms with Crippen LogP contribution in [0.15, 0.2) is 24.3 Å². The van der Waals surface area contributed by atoms with Gasteiger partial charge in [0.25, 0.3) is 5.69 Å². The smallest absolute Gasteiger partial charge is 0.271 e. The highest BCUT2D eigenvalue weighted by atomic mass is 16.6. The predicted octanol–water partition coefficient (Wildman–Crippen LogP) is 1.26. The number of hydrogen-bond donors (Lipinski definition) is 0. The summed E-state index contributed by atoms with van der Waals surface area (Å²) in [6, 6.07) is 5.63. The molecule has 4 atom stereocenters. The van der Waals surface area contributed by atoms with E-state index in [0.29, 0.717) is 0 Å². The third-order valence-electron chi connectivity index (χ3n) is 4.58. The summed E-state index contributed by atoms with van der Waals surface area (Å²) >= 11 is 0. The molecule has 1 aromatic carbocycles. The number of ether oxygens (including phenoxy) is 1. The van der Waals surface area contributed by atoms with Crippen LogP contribution in [0.2, 0.25) is 0 Å². The first-order chi connectivity index (χ1) is 10.1. The Kier molecular flexibility index (Phi) is 2.44. The lowest BCUT2D eigenvalue weighted by Gasteiger charge is -2.17. The van der Waals surface area contributed by atoms with Crippen molar-refractivity contribution in [1.82, 2.24) is 0 Å². The third kappa shape index (κ3) is 1.58. The SMILES string of the molecule is O=C1[C@@H]2[C@H](C(=O)N1c1cccc([N+](=O)[O-])c1)[C@H]1CC[C@H]2O1. The summed E-state index contributed by atoms with van der Waals surface area (Å²) in [6.45, 7) is 0. The number of hydrogen-bond acceptors (Lipinski definition) is 5. The summed E-state index contributed by atoms with van der Waals surface area (Å²) in [6.07, 6.45) is 1.24. The molecule has 7 heteroatoms. The van der Waals surface area contributed by atoms with Crippen molar-refractivity contribution in [3.63, 3.8) is 0 Å². The molecule has 3 aliphatic heterocycles. The highest BCUT2D eigenvalue weighted by Gasteiger charge is 2.62. The number of nitro benzene ring substituents is 1. The molecular weight excluding hydrogens is 276 g/mol. The van der Waals surface area contributed by atoms with E-state index in [2.05, 4.69) is 0 Å². The van der Waals surface area contributed by atoms with Gasteiger partial charge in [-0.2, -0.15) is 0 Å². The molecule has 0 unspecified atom stereocenters. The number of rotatable bonds is 2. The van der Waals surface area contributed by atoms with Gasteiger partial charge in [-0.1, -0.05) is 6.07 Å². The Hall–Kier alpha value is -2.28. The van der Waals surface area contributed by atoms with E-state index in [9.17, 15) is 19.7 Å². The fourth-order valence-electron chi connectivity index (χ4n) is 3.71. The van der Waals surface area contributed by atoms with Crippen molar-refractivity contribution in [3.8, 4) is 0 Å². The molecule has 7 nitrogen and oxygen atoms in total. The van der Waals surface area contributed by atoms with Gasteiger partial charge in [-0.15, -0.1) is 0 Å². The van der Waals surface area contributed by atoms with Crippen LogP contribution in [0.3, 0.4) is 0 Å². The average Bonchev–Trinajstić information content (AvgIpc) is 3.13. The van der Waals surface area contributed by atoms with Crippen molar-refractivity contribution < 1.29 is 19.2 Å². The highest BCUT2D eigenvalue weighted by molar-refractivity contribution is 6.22. The topological polar surface area (TPSA) is 89.8 Å². The zero-order chi connectivity index (χ0) is 14.7. The summed E-state index contributed by atoms with van der Waals surface area (Å²) in [5.74, 6) is -1.43. The van der Waals surface area contributed by atoms with E-state index in [1.54, 1.807) is 6.07 Å². The van der Waals surface area contributed by atoms with Crippen molar-refractivity contribution in [2.24, 2.45) is 11.8 Å². The number of nitrogens with zero attached hydrogens (tertiary/aromatic N) is 2. The minimum Gasteiger partial charge on any atom is -0.373 e. The summed E-state index contributed by atoms with van der Waals surface area (Å²) < 4.78 is 5.65. The second-order valence-corrected chi connectivity index (χ2v) is 5.63. The quantitative estimate of drug-likeness (QED) is 0.464. The van der Waals surface area contributed by atoms with Crippen molar-refractivity contribution in [3.05, 3.63) is 34.4 Å². The second-order valence-electron chi connectivity index (χ2n) is 5.63. The maximum absolute atomic E-state index is 12.5. The van der Waals surface area contributed by atoms with Gasteiger partial charge in [-0.25, -0.2) is 4.90 Å². The summed E-state index contributed by atoms with van der Waals surface area (Å²) in [5.41, 5.74) is 0.136. The van der Waals surface area contributed by atoms with Crippen LogP contribution in [0.5, 0.6) is 0 Å². The molecule has 0 N–H and O–H groups in total. The fourth-order valence-corrected chi connectivity index (χ4v) is 3.71. The lowest BCUT2D eigenvalue weighted by Crippen LogP contribution is -2.34. The maximum Gasteiger partial charge on any atom is 0.271 e. The summed E-state index contributed by atoms with van der Waals surface area (Å²) in [5, 5.41) is 10.8. The van der Waals surface area contributed by atoms with Gasteiger partial charge < -0.3 is 4.74 Å². The van der Waals surface area contributed by atoms with E-state index in [1.165, 1.54) is 18.2 Å². The number of imide groups is 1. The Bertz CT molecular complexity index is 645. The Morgan fingerprint density at radius 2 is 1.76 bits per heavy atom. The van der Waals surface area contributed by atoms with Gasteiger partial charge >= 0.3 is 0 Å². The van der Waals surface area contributed by atoms with Gasteiger partial charge in [-0.3, -0.25) is 19.7 Å². The number of nitro groups is 1. The van der Waals surface area contributed by atoms with Gasteiger partial charge in [0, 0.05) is 12.1 Å². The molecule has 0 radical (unpaired) electrons. The Morgan fingerprint density at radius 1 is 1.14 bits per heavy atom. The van der Waals surface area contributed by atoms with Crippen LogP contribution in [-0.4, -0.2) is 28.9 Å². The number of anilines is 1. The maximum atomic E-state index is 12.5. The molecule has 3 saturated heterocycles. The van der Waals surface area contributed by atoms with Gasteiger partial charge in [0.15, 0.2) is 0 Å². The normalized spacial score (nSPS) is 33.6. The van der Waals surface area contributed by atoms with Crippen LogP contribution in [0.1, 0.15) is 12.8 Å². The first-order valence-electron chi connectivity index (χ1n) is 6.85. The second kappa shape index (κ2) is 4.11. The first kappa shape index (κ1) is 12.5. The largest absolute Gasteiger partial charge is 0.373 e. The molecule has 1 aromatic rings. The Labute approximate surface area is 119 Å². The molecule has 2 amide bonds. The number of carbonyl (C=O) groups is 2. The lowest BCUT2D eigenvalue weighted by molar-refractivity contribution is -0.384. The van der Waals surface area contributed by atoms with Crippen molar-refractivity contribution >= 4 is 23.2 Å². The highest BCUT2D eigenvalue weighted by Crippen LogP contribution is 2.49. The number of amides is 2. The van der Waals surface area contributed by atoms with E-state index in [-0.39, 0.29) is 35.4 Å². The van der Waals surface area contributed by atoms with Crippen molar-refractivity contribution in [1.29, 1.82) is 0 Å². The van der Waals surface area contributed by atoms with Crippen LogP contribution in [0, 0.1) is 22.0 Å². The molecular formula is C14H12N2O5. The number of carbonyl (C=O) groups excluding carboxylic acids is 2. The van der Waals surface area contributed by atoms with E-state index in [4.69, 9.17) is 4.74 Å². The monoisotopic (exact) mass is 288 g/mol. The lowest BCUT2D eigenvalue weighted by atomic mass is 9.81. The summed E-state index contributed by atoms with van der Waals surface area (Å²) in [7, 11) is 0. The van der Waals surface area contributed by atoms with Gasteiger partial charge in [-0.05, 0) is 18.9 Å². The van der Waals surface area contributed by atoms with Gasteiger partial charge in [0.1, 0.15) is 0 Å². The minimum absolute atomic E-state index is 0.135. The van der Waals surface area contributed by atoms with Crippen LogP contribution in [-0.2, 0) is 14.3 Å². The molecule has 0 spiro atoms. The molecule has 3 heterocycles. The molecule has 0 saturated carbocycles. The molecule has 21 heavy (non-hydrogen) atoms. The third-order valence-corrected chi connectivity index (χ3v) is 4.58. The van der Waals surface area contributed by atoms with Crippen molar-refractivity contribution in [2.75, 3.05) is 4.90 Å².